The van der Waals surface area contributed by atoms with Gasteiger partial charge in [-0.25, -0.2) is 18.1 Å². The molecule has 1 aliphatic heterocycles. The minimum Gasteiger partial charge on any atom is -0.622 e. The molecule has 2 unspecified atom stereocenters. The fourth-order valence-electron chi connectivity index (χ4n) is 3.06. The van der Waals surface area contributed by atoms with E-state index in [4.69, 9.17) is 4.74 Å². The smallest absolute Gasteiger partial charge is 0.416 e. The van der Waals surface area contributed by atoms with Crippen LogP contribution < -0.4 is 9.96 Å². The molecule has 2 aromatic rings. The topological polar surface area (TPSA) is 125 Å². The predicted molar refractivity (Wildman–Crippen MR) is 110 cm³/mol. The second-order valence-corrected chi connectivity index (χ2v) is 10.4. The van der Waals surface area contributed by atoms with Crippen molar-refractivity contribution in [1.82, 2.24) is 19.7 Å². The average molecular weight is 496 g/mol. The molecule has 176 valence electrons. The SMILES string of the molecule is CCCS(=O)(=O)c1nnc([N+]2([O-])CN(C)CC2OC(=O)Nc2ccc(C(F)(F)F)cc2)s1. The Balaban J connectivity index is 1.74. The molecule has 1 N–H and O–H groups in total. The molecule has 3 rings (SSSR count). The highest BCUT2D eigenvalue weighted by Gasteiger charge is 2.46. The standard InChI is InChI=1S/C17H20F3N5O5S2/c1-3-8-32(28,29)16-23-22-14(31-16)25(27)10-24(2)9-13(25)30-15(26)21-12-6-4-11(5-7-12)17(18,19)20/h4-7,13H,3,8-10H2,1-2H3,(H,21,26). The summed E-state index contributed by atoms with van der Waals surface area (Å²) in [6.07, 6.45) is -6.48. The first kappa shape index (κ1) is 24.3. The van der Waals surface area contributed by atoms with E-state index in [1.807, 2.05) is 0 Å². The van der Waals surface area contributed by atoms with Crippen molar-refractivity contribution >= 4 is 38.1 Å². The first-order valence-electron chi connectivity index (χ1n) is 9.34. The number of anilines is 1. The number of hydrogen-bond donors (Lipinski definition) is 1. The Labute approximate surface area is 185 Å². The maximum absolute atomic E-state index is 13.5. The van der Waals surface area contributed by atoms with Gasteiger partial charge in [0.2, 0.25) is 14.2 Å². The summed E-state index contributed by atoms with van der Waals surface area (Å²) in [6, 6.07) is 3.71. The number of halogens is 3. The summed E-state index contributed by atoms with van der Waals surface area (Å²) in [6.45, 7) is 1.55. The van der Waals surface area contributed by atoms with Crippen LogP contribution in [0.15, 0.2) is 28.6 Å². The van der Waals surface area contributed by atoms with Gasteiger partial charge in [-0.05, 0) is 49.1 Å². The van der Waals surface area contributed by atoms with Crippen LogP contribution in [-0.2, 0) is 20.8 Å². The van der Waals surface area contributed by atoms with Crippen LogP contribution in [0.25, 0.3) is 0 Å². The van der Waals surface area contributed by atoms with E-state index in [1.165, 1.54) is 0 Å². The lowest BCUT2D eigenvalue weighted by atomic mass is 10.2. The van der Waals surface area contributed by atoms with Crippen LogP contribution >= 0.6 is 11.3 Å². The van der Waals surface area contributed by atoms with Gasteiger partial charge in [0.05, 0.1) is 17.9 Å². The quantitative estimate of drug-likeness (QED) is 0.479. The lowest BCUT2D eigenvalue weighted by Gasteiger charge is -2.38. The van der Waals surface area contributed by atoms with E-state index in [0.29, 0.717) is 17.8 Å². The minimum atomic E-state index is -4.52. The monoisotopic (exact) mass is 495 g/mol. The molecule has 0 aliphatic carbocycles. The van der Waals surface area contributed by atoms with E-state index in [-0.39, 0.29) is 34.1 Å². The van der Waals surface area contributed by atoms with Crippen molar-refractivity contribution in [2.45, 2.75) is 30.1 Å². The van der Waals surface area contributed by atoms with Crippen LogP contribution in [0.4, 0.5) is 28.8 Å². The molecule has 1 amide bonds. The van der Waals surface area contributed by atoms with Gasteiger partial charge in [0.15, 0.2) is 0 Å². The van der Waals surface area contributed by atoms with Gasteiger partial charge in [-0.2, -0.15) is 13.2 Å². The number of alkyl halides is 3. The number of carbonyl (C=O) groups is 1. The fourth-order valence-corrected chi connectivity index (χ4v) is 5.57. The van der Waals surface area contributed by atoms with Crippen LogP contribution in [0.2, 0.25) is 0 Å². The number of likely N-dealkylation sites (N-methyl/N-ethyl adjacent to an activating group) is 1. The summed E-state index contributed by atoms with van der Waals surface area (Å²) in [5, 5.41) is 22.9. The van der Waals surface area contributed by atoms with E-state index in [0.717, 1.165) is 24.3 Å². The number of aromatic nitrogens is 2. The van der Waals surface area contributed by atoms with Crippen molar-refractivity contribution in [2.24, 2.45) is 0 Å². The number of rotatable bonds is 6. The maximum Gasteiger partial charge on any atom is 0.416 e. The number of amides is 1. The van der Waals surface area contributed by atoms with Gasteiger partial charge in [0.25, 0.3) is 6.23 Å². The van der Waals surface area contributed by atoms with E-state index in [9.17, 15) is 31.6 Å². The van der Waals surface area contributed by atoms with Crippen LogP contribution in [0, 0.1) is 5.21 Å². The van der Waals surface area contributed by atoms with Crippen molar-refractivity contribution in [2.75, 3.05) is 31.3 Å². The molecule has 10 nitrogen and oxygen atoms in total. The fraction of sp³-hybridized carbons (Fsp3) is 0.471. The Hall–Kier alpha value is -2.33. The van der Waals surface area contributed by atoms with E-state index < -0.39 is 38.5 Å². The molecule has 2 atom stereocenters. The number of nitrogens with one attached hydrogen (secondary N) is 1. The lowest BCUT2D eigenvalue weighted by Crippen LogP contribution is -2.51. The molecule has 1 aliphatic rings. The van der Waals surface area contributed by atoms with Crippen molar-refractivity contribution < 1.29 is 31.1 Å². The van der Waals surface area contributed by atoms with Gasteiger partial charge in [0, 0.05) is 5.69 Å². The molecule has 1 aromatic heterocycles. The van der Waals surface area contributed by atoms with Gasteiger partial charge in [-0.1, -0.05) is 12.0 Å². The molecule has 1 fully saturated rings. The average Bonchev–Trinajstić information content (AvgIpc) is 3.28. The highest BCUT2D eigenvalue weighted by atomic mass is 32.2. The Morgan fingerprint density at radius 1 is 1.34 bits per heavy atom. The summed E-state index contributed by atoms with van der Waals surface area (Å²) in [7, 11) is -2.06. The normalized spacial score (nSPS) is 22.1. The number of hydrogen-bond acceptors (Lipinski definition) is 9. The Morgan fingerprint density at radius 3 is 2.59 bits per heavy atom. The largest absolute Gasteiger partial charge is 0.622 e. The van der Waals surface area contributed by atoms with E-state index >= 15 is 0 Å². The number of nitrogens with zero attached hydrogens (tertiary/aromatic N) is 4. The molecule has 0 saturated carbocycles. The van der Waals surface area contributed by atoms with Crippen LogP contribution in [0.3, 0.4) is 0 Å². The first-order valence-corrected chi connectivity index (χ1v) is 11.8. The number of hydroxylamine groups is 2. The summed E-state index contributed by atoms with van der Waals surface area (Å²) in [5.74, 6) is -0.143. The van der Waals surface area contributed by atoms with E-state index in [2.05, 4.69) is 15.5 Å². The van der Waals surface area contributed by atoms with Crippen molar-refractivity contribution in [3.05, 3.63) is 35.0 Å². The van der Waals surface area contributed by atoms with Crippen molar-refractivity contribution in [3.63, 3.8) is 0 Å². The molecular weight excluding hydrogens is 475 g/mol. The highest BCUT2D eigenvalue weighted by Crippen LogP contribution is 2.35. The van der Waals surface area contributed by atoms with Crippen LogP contribution in [0.5, 0.6) is 0 Å². The number of ether oxygens (including phenoxy) is 1. The molecule has 2 heterocycles. The summed E-state index contributed by atoms with van der Waals surface area (Å²) in [5.41, 5.74) is -0.837. The summed E-state index contributed by atoms with van der Waals surface area (Å²) >= 11 is 0.621. The zero-order valence-corrected chi connectivity index (χ0v) is 18.6. The van der Waals surface area contributed by atoms with Gasteiger partial charge < -0.3 is 9.94 Å². The van der Waals surface area contributed by atoms with Crippen LogP contribution in [0.1, 0.15) is 18.9 Å². The van der Waals surface area contributed by atoms with E-state index in [1.54, 1.807) is 18.9 Å². The number of sulfone groups is 1. The third-order valence-electron chi connectivity index (χ3n) is 4.54. The zero-order valence-electron chi connectivity index (χ0n) is 17.0. The van der Waals surface area contributed by atoms with Gasteiger partial charge >= 0.3 is 17.4 Å². The maximum atomic E-state index is 13.5. The molecule has 0 spiro atoms. The molecule has 1 saturated heterocycles. The summed E-state index contributed by atoms with van der Waals surface area (Å²) < 4.78 is 66.1. The molecule has 1 aromatic carbocycles. The number of quaternary nitrogens is 1. The highest BCUT2D eigenvalue weighted by molar-refractivity contribution is 7.93. The Bertz CT molecular complexity index is 1080. The second-order valence-electron chi connectivity index (χ2n) is 7.21. The van der Waals surface area contributed by atoms with Gasteiger partial charge in [0.1, 0.15) is 6.67 Å². The predicted octanol–water partition coefficient (Wildman–Crippen LogP) is 3.02. The molecular formula is C17H20F3N5O5S2. The number of carbonyl (C=O) groups excluding carboxylic acids is 1. The third kappa shape index (κ3) is 5.17. The van der Waals surface area contributed by atoms with Crippen molar-refractivity contribution in [1.29, 1.82) is 0 Å². The van der Waals surface area contributed by atoms with Gasteiger partial charge in [-0.15, -0.1) is 5.10 Å². The summed E-state index contributed by atoms with van der Waals surface area (Å²) in [4.78, 5) is 13.8. The third-order valence-corrected chi connectivity index (χ3v) is 7.95. The Kier molecular flexibility index (Phi) is 6.76. The molecule has 0 radical (unpaired) electrons. The molecule has 0 bridgehead atoms. The van der Waals surface area contributed by atoms with Crippen LogP contribution in [-0.4, -0.2) is 61.9 Å². The van der Waals surface area contributed by atoms with Crippen molar-refractivity contribution in [3.8, 4) is 0 Å². The minimum absolute atomic E-state index is 0.0283. The number of benzene rings is 1. The van der Waals surface area contributed by atoms with Gasteiger partial charge in [-0.3, -0.25) is 9.96 Å². The molecule has 32 heavy (non-hydrogen) atoms. The Morgan fingerprint density at radius 2 is 2.00 bits per heavy atom. The second kappa shape index (κ2) is 8.90. The molecule has 15 heteroatoms. The lowest BCUT2D eigenvalue weighted by molar-refractivity contribution is -0.137. The zero-order chi connectivity index (χ0) is 23.7. The first-order chi connectivity index (χ1) is 14.8.